The zero-order valence-corrected chi connectivity index (χ0v) is 14.7. The van der Waals surface area contributed by atoms with Crippen molar-refractivity contribution in [2.45, 2.75) is 12.6 Å². The van der Waals surface area contributed by atoms with Gasteiger partial charge in [-0.25, -0.2) is 9.97 Å². The highest BCUT2D eigenvalue weighted by Gasteiger charge is 2.55. The Morgan fingerprint density at radius 2 is 1.92 bits per heavy atom. The Balaban J connectivity index is 1.21. The number of aromatic nitrogens is 3. The van der Waals surface area contributed by atoms with Crippen LogP contribution >= 0.6 is 0 Å². The van der Waals surface area contributed by atoms with Crippen molar-refractivity contribution in [3.05, 3.63) is 54.0 Å². The van der Waals surface area contributed by atoms with Gasteiger partial charge in [0.05, 0.1) is 5.56 Å². The first-order valence-corrected chi connectivity index (χ1v) is 9.03. The fourth-order valence-electron chi connectivity index (χ4n) is 4.34. The Morgan fingerprint density at radius 3 is 2.65 bits per heavy atom. The summed E-state index contributed by atoms with van der Waals surface area (Å²) in [6.07, 6.45) is 6.19. The number of nitrogens with zero attached hydrogens (tertiary/aromatic N) is 4. The fourth-order valence-corrected chi connectivity index (χ4v) is 4.34. The van der Waals surface area contributed by atoms with Crippen molar-refractivity contribution in [1.82, 2.24) is 19.9 Å². The third kappa shape index (κ3) is 2.49. The summed E-state index contributed by atoms with van der Waals surface area (Å²) in [6, 6.07) is 9.13. The first-order chi connectivity index (χ1) is 12.7. The molecule has 5 rings (SSSR count). The van der Waals surface area contributed by atoms with E-state index in [1.54, 1.807) is 12.4 Å². The summed E-state index contributed by atoms with van der Waals surface area (Å²) in [5.74, 6) is 2.06. The number of benzene rings is 1. The normalized spacial score (nSPS) is 24.0. The standard InChI is InChI=1S/C20H21N5O/c1-24-9-14(15-4-2-3-5-18(15)24)8-21-19-16-10-25(11-17(16)19)20-22-6-13(12-26)7-23-20/h2-7,9,12,16-17,19,21H,8,10-11H2,1H3. The first-order valence-electron chi connectivity index (χ1n) is 9.03. The van der Waals surface area contributed by atoms with E-state index >= 15 is 0 Å². The number of fused-ring (bicyclic) bond motifs is 2. The third-order valence-electron chi connectivity index (χ3n) is 5.78. The molecule has 0 amide bonds. The number of hydrogen-bond acceptors (Lipinski definition) is 5. The van der Waals surface area contributed by atoms with Crippen molar-refractivity contribution >= 4 is 23.1 Å². The molecule has 2 atom stereocenters. The van der Waals surface area contributed by atoms with Crippen LogP contribution in [0.1, 0.15) is 15.9 Å². The Morgan fingerprint density at radius 1 is 1.19 bits per heavy atom. The van der Waals surface area contributed by atoms with Gasteiger partial charge in [-0.2, -0.15) is 0 Å². The molecule has 1 aliphatic carbocycles. The minimum atomic E-state index is 0.521. The largest absolute Gasteiger partial charge is 0.350 e. The van der Waals surface area contributed by atoms with E-state index in [2.05, 4.69) is 62.3 Å². The van der Waals surface area contributed by atoms with E-state index < -0.39 is 0 Å². The molecule has 3 aromatic rings. The quantitative estimate of drug-likeness (QED) is 0.716. The van der Waals surface area contributed by atoms with E-state index in [1.165, 1.54) is 16.5 Å². The molecule has 2 aliphatic rings. The van der Waals surface area contributed by atoms with Gasteiger partial charge in [0.2, 0.25) is 5.95 Å². The van der Waals surface area contributed by atoms with Crippen molar-refractivity contribution in [2.24, 2.45) is 18.9 Å². The summed E-state index contributed by atoms with van der Waals surface area (Å²) in [5.41, 5.74) is 3.16. The molecule has 1 aromatic carbocycles. The summed E-state index contributed by atoms with van der Waals surface area (Å²) < 4.78 is 2.20. The van der Waals surface area contributed by atoms with E-state index in [4.69, 9.17) is 0 Å². The lowest BCUT2D eigenvalue weighted by Gasteiger charge is -2.19. The van der Waals surface area contributed by atoms with E-state index in [0.717, 1.165) is 31.9 Å². The molecule has 0 spiro atoms. The number of aldehydes is 1. The molecule has 0 radical (unpaired) electrons. The SMILES string of the molecule is Cn1cc(CNC2C3CN(c4ncc(C=O)cn4)CC32)c2ccccc21. The van der Waals surface area contributed by atoms with Crippen LogP contribution < -0.4 is 10.2 Å². The van der Waals surface area contributed by atoms with Crippen molar-refractivity contribution in [3.63, 3.8) is 0 Å². The van der Waals surface area contributed by atoms with Crippen LogP contribution in [0.4, 0.5) is 5.95 Å². The number of carbonyl (C=O) groups is 1. The molecular formula is C20H21N5O. The maximum absolute atomic E-state index is 10.7. The third-order valence-corrected chi connectivity index (χ3v) is 5.78. The van der Waals surface area contributed by atoms with Gasteiger partial charge in [-0.15, -0.1) is 0 Å². The molecule has 6 nitrogen and oxygen atoms in total. The van der Waals surface area contributed by atoms with Gasteiger partial charge >= 0.3 is 0 Å². The van der Waals surface area contributed by atoms with Crippen molar-refractivity contribution in [1.29, 1.82) is 0 Å². The highest BCUT2D eigenvalue weighted by Crippen LogP contribution is 2.46. The second-order valence-corrected chi connectivity index (χ2v) is 7.36. The summed E-state index contributed by atoms with van der Waals surface area (Å²) in [5, 5.41) is 5.08. The lowest BCUT2D eigenvalue weighted by molar-refractivity contribution is 0.112. The number of anilines is 1. The van der Waals surface area contributed by atoms with Crippen LogP contribution in [-0.4, -0.2) is 40.0 Å². The lowest BCUT2D eigenvalue weighted by atomic mass is 10.2. The fraction of sp³-hybridized carbons (Fsp3) is 0.350. The number of carbonyl (C=O) groups excluding carboxylic acids is 1. The van der Waals surface area contributed by atoms with Crippen LogP contribution in [-0.2, 0) is 13.6 Å². The van der Waals surface area contributed by atoms with Gasteiger partial charge in [0.1, 0.15) is 0 Å². The molecule has 1 aliphatic heterocycles. The topological polar surface area (TPSA) is 63.1 Å². The lowest BCUT2D eigenvalue weighted by Crippen LogP contribution is -2.32. The molecule has 3 heterocycles. The van der Waals surface area contributed by atoms with Gasteiger partial charge in [-0.3, -0.25) is 4.79 Å². The summed E-state index contributed by atoms with van der Waals surface area (Å²) >= 11 is 0. The van der Waals surface area contributed by atoms with E-state index in [-0.39, 0.29) is 0 Å². The molecule has 2 aromatic heterocycles. The highest BCUT2D eigenvalue weighted by atomic mass is 16.1. The van der Waals surface area contributed by atoms with E-state index in [9.17, 15) is 4.79 Å². The van der Waals surface area contributed by atoms with Crippen molar-refractivity contribution in [2.75, 3.05) is 18.0 Å². The average molecular weight is 347 g/mol. The van der Waals surface area contributed by atoms with Crippen LogP contribution in [0.15, 0.2) is 42.9 Å². The molecule has 6 heteroatoms. The van der Waals surface area contributed by atoms with Gasteiger partial charge in [-0.1, -0.05) is 18.2 Å². The van der Waals surface area contributed by atoms with Gasteiger partial charge in [0.15, 0.2) is 6.29 Å². The van der Waals surface area contributed by atoms with Crippen LogP contribution in [0.3, 0.4) is 0 Å². The second-order valence-electron chi connectivity index (χ2n) is 7.36. The summed E-state index contributed by atoms with van der Waals surface area (Å²) in [6.45, 7) is 2.88. The van der Waals surface area contributed by atoms with Crippen LogP contribution in [0.25, 0.3) is 10.9 Å². The number of para-hydroxylation sites is 1. The van der Waals surface area contributed by atoms with E-state index in [0.29, 0.717) is 23.4 Å². The zero-order valence-electron chi connectivity index (χ0n) is 14.7. The average Bonchev–Trinajstić information content (AvgIpc) is 3.02. The maximum Gasteiger partial charge on any atom is 0.225 e. The Hall–Kier alpha value is -2.73. The number of hydrogen-bond donors (Lipinski definition) is 1. The number of piperidine rings is 1. The number of aryl methyl sites for hydroxylation is 1. The Bertz CT molecular complexity index is 952. The van der Waals surface area contributed by atoms with Crippen LogP contribution in [0.2, 0.25) is 0 Å². The van der Waals surface area contributed by atoms with Crippen molar-refractivity contribution in [3.8, 4) is 0 Å². The molecule has 26 heavy (non-hydrogen) atoms. The number of rotatable bonds is 5. The van der Waals surface area contributed by atoms with Gasteiger partial charge in [0, 0.05) is 62.2 Å². The van der Waals surface area contributed by atoms with Crippen LogP contribution in [0.5, 0.6) is 0 Å². The Labute approximate surface area is 151 Å². The zero-order chi connectivity index (χ0) is 17.7. The van der Waals surface area contributed by atoms with E-state index in [1.807, 2.05) is 0 Å². The summed E-state index contributed by atoms with van der Waals surface area (Å²) in [4.78, 5) is 21.5. The molecule has 1 saturated carbocycles. The molecule has 2 fully saturated rings. The first kappa shape index (κ1) is 15.5. The van der Waals surface area contributed by atoms with Gasteiger partial charge in [0.25, 0.3) is 0 Å². The van der Waals surface area contributed by atoms with Crippen LogP contribution in [0, 0.1) is 11.8 Å². The van der Waals surface area contributed by atoms with Gasteiger partial charge < -0.3 is 14.8 Å². The minimum Gasteiger partial charge on any atom is -0.350 e. The minimum absolute atomic E-state index is 0.521. The predicted molar refractivity (Wildman–Crippen MR) is 100 cm³/mol. The maximum atomic E-state index is 10.7. The smallest absolute Gasteiger partial charge is 0.225 e. The highest BCUT2D eigenvalue weighted by molar-refractivity contribution is 5.83. The summed E-state index contributed by atoms with van der Waals surface area (Å²) in [7, 11) is 2.10. The molecule has 1 saturated heterocycles. The molecule has 2 unspecified atom stereocenters. The second kappa shape index (κ2) is 5.92. The number of nitrogens with one attached hydrogen (secondary N) is 1. The molecule has 132 valence electrons. The molecule has 0 bridgehead atoms. The predicted octanol–water partition coefficient (Wildman–Crippen LogP) is 2.01. The van der Waals surface area contributed by atoms with Crippen molar-refractivity contribution < 1.29 is 4.79 Å². The molecule has 1 N–H and O–H groups in total. The van der Waals surface area contributed by atoms with Gasteiger partial charge in [-0.05, 0) is 23.5 Å². The Kier molecular flexibility index (Phi) is 3.53. The molecular weight excluding hydrogens is 326 g/mol. The monoisotopic (exact) mass is 347 g/mol.